The van der Waals surface area contributed by atoms with E-state index in [4.69, 9.17) is 18.9 Å². The molecule has 2 aliphatic rings. The van der Waals surface area contributed by atoms with Crippen LogP contribution < -0.4 is 10.6 Å². The number of rotatable bonds is 6. The van der Waals surface area contributed by atoms with Gasteiger partial charge in [0.1, 0.15) is 0 Å². The second kappa shape index (κ2) is 9.91. The first-order chi connectivity index (χ1) is 10.8. The van der Waals surface area contributed by atoms with Crippen molar-refractivity contribution in [2.45, 2.75) is 70.6 Å². The van der Waals surface area contributed by atoms with E-state index in [0.29, 0.717) is 0 Å². The maximum absolute atomic E-state index is 5.45. The largest absolute Gasteiger partial charge is 0.353 e. The van der Waals surface area contributed by atoms with Crippen molar-refractivity contribution < 1.29 is 18.9 Å². The smallest absolute Gasteiger partial charge is 0.159 e. The Bertz CT molecular complexity index is 312. The number of ether oxygens (including phenoxy) is 4. The Hall–Kier alpha value is -0.240. The molecule has 0 bridgehead atoms. The first-order valence-electron chi connectivity index (χ1n) is 8.62. The predicted octanol–water partition coefficient (Wildman–Crippen LogP) is 1.88. The van der Waals surface area contributed by atoms with Gasteiger partial charge in [0.25, 0.3) is 0 Å². The van der Waals surface area contributed by atoms with Crippen LogP contribution in [0.15, 0.2) is 0 Å². The Labute approximate surface area is 141 Å². The van der Waals surface area contributed by atoms with E-state index >= 15 is 0 Å². The van der Waals surface area contributed by atoms with Crippen LogP contribution in [0.3, 0.4) is 0 Å². The second-order valence-corrected chi connectivity index (χ2v) is 7.37. The van der Waals surface area contributed by atoms with Crippen LogP contribution in [0.25, 0.3) is 0 Å². The van der Waals surface area contributed by atoms with Gasteiger partial charge in [0.05, 0.1) is 26.4 Å². The zero-order chi connectivity index (χ0) is 17.3. The monoisotopic (exact) mass is 332 g/mol. The highest BCUT2D eigenvalue weighted by Gasteiger charge is 2.25. The summed E-state index contributed by atoms with van der Waals surface area (Å²) in [6, 6.07) is 0. The standard InChI is InChI=1S/C9H19NO2.C8H17NO2/c1-9(2,10-3)7-8-11-5-4-6-12-8;1-8(2,9-3)6-7-10-4-5-11-7/h8,10H,4-7H2,1-3H3;7,9H,4-6H2,1-3H3. The third-order valence-corrected chi connectivity index (χ3v) is 4.29. The molecule has 0 aromatic carbocycles. The molecule has 0 unspecified atom stereocenters. The van der Waals surface area contributed by atoms with Gasteiger partial charge in [-0.1, -0.05) is 0 Å². The van der Waals surface area contributed by atoms with E-state index < -0.39 is 0 Å². The highest BCUT2D eigenvalue weighted by molar-refractivity contribution is 4.78. The van der Waals surface area contributed by atoms with Crippen LogP contribution in [-0.4, -0.2) is 64.2 Å². The quantitative estimate of drug-likeness (QED) is 0.774. The summed E-state index contributed by atoms with van der Waals surface area (Å²) in [5.74, 6) is 0. The summed E-state index contributed by atoms with van der Waals surface area (Å²) in [5, 5.41) is 6.44. The first-order valence-corrected chi connectivity index (χ1v) is 8.62. The molecule has 0 atom stereocenters. The molecule has 2 fully saturated rings. The summed E-state index contributed by atoms with van der Waals surface area (Å²) in [7, 11) is 3.91. The topological polar surface area (TPSA) is 61.0 Å². The van der Waals surface area contributed by atoms with Gasteiger partial charge >= 0.3 is 0 Å². The van der Waals surface area contributed by atoms with E-state index in [-0.39, 0.29) is 23.7 Å². The molecule has 0 aliphatic carbocycles. The lowest BCUT2D eigenvalue weighted by atomic mass is 10.0. The minimum atomic E-state index is -0.0128. The van der Waals surface area contributed by atoms with E-state index in [9.17, 15) is 0 Å². The van der Waals surface area contributed by atoms with Crippen molar-refractivity contribution in [3.63, 3.8) is 0 Å². The van der Waals surface area contributed by atoms with Crippen molar-refractivity contribution in [2.24, 2.45) is 0 Å². The lowest BCUT2D eigenvalue weighted by Crippen LogP contribution is -2.42. The highest BCUT2D eigenvalue weighted by Crippen LogP contribution is 2.18. The summed E-state index contributed by atoms with van der Waals surface area (Å²) >= 11 is 0. The lowest BCUT2D eigenvalue weighted by Gasteiger charge is -2.31. The van der Waals surface area contributed by atoms with E-state index in [1.165, 1.54) is 0 Å². The van der Waals surface area contributed by atoms with Crippen LogP contribution in [-0.2, 0) is 18.9 Å². The fraction of sp³-hybridized carbons (Fsp3) is 1.00. The first kappa shape index (κ1) is 20.8. The van der Waals surface area contributed by atoms with Gasteiger partial charge in [0, 0.05) is 23.9 Å². The number of nitrogens with one attached hydrogen (secondary N) is 2. The van der Waals surface area contributed by atoms with Crippen LogP contribution >= 0.6 is 0 Å². The third-order valence-electron chi connectivity index (χ3n) is 4.29. The Kier molecular flexibility index (Phi) is 8.97. The normalized spacial score (nSPS) is 21.1. The van der Waals surface area contributed by atoms with Crippen molar-refractivity contribution in [3.05, 3.63) is 0 Å². The molecule has 2 heterocycles. The van der Waals surface area contributed by atoms with Gasteiger partial charge in [0.15, 0.2) is 12.6 Å². The fourth-order valence-corrected chi connectivity index (χ4v) is 2.22. The SMILES string of the molecule is CNC(C)(C)CC1OCCCO1.CNC(C)(C)CC1OCCO1. The summed E-state index contributed by atoms with van der Waals surface area (Å²) in [4.78, 5) is 0. The minimum Gasteiger partial charge on any atom is -0.353 e. The van der Waals surface area contributed by atoms with Gasteiger partial charge in [-0.2, -0.15) is 0 Å². The molecule has 0 spiro atoms. The molecule has 2 N–H and O–H groups in total. The van der Waals surface area contributed by atoms with E-state index in [0.717, 1.165) is 45.7 Å². The van der Waals surface area contributed by atoms with Gasteiger partial charge in [-0.3, -0.25) is 0 Å². The maximum atomic E-state index is 5.45. The van der Waals surface area contributed by atoms with Crippen molar-refractivity contribution >= 4 is 0 Å². The van der Waals surface area contributed by atoms with Crippen LogP contribution in [0.5, 0.6) is 0 Å². The zero-order valence-electron chi connectivity index (χ0n) is 15.7. The average molecular weight is 332 g/mol. The van der Waals surface area contributed by atoms with E-state index in [1.807, 2.05) is 14.1 Å². The van der Waals surface area contributed by atoms with Crippen molar-refractivity contribution in [2.75, 3.05) is 40.5 Å². The van der Waals surface area contributed by atoms with E-state index in [1.54, 1.807) is 0 Å². The summed E-state index contributed by atoms with van der Waals surface area (Å²) in [5.41, 5.74) is 0.205. The number of hydrogen-bond acceptors (Lipinski definition) is 6. The van der Waals surface area contributed by atoms with Gasteiger partial charge in [-0.15, -0.1) is 0 Å². The van der Waals surface area contributed by atoms with Gasteiger partial charge in [-0.25, -0.2) is 0 Å². The molecule has 0 aromatic rings. The molecular weight excluding hydrogens is 296 g/mol. The van der Waals surface area contributed by atoms with Crippen LogP contribution in [0, 0.1) is 0 Å². The summed E-state index contributed by atoms with van der Waals surface area (Å²) < 4.78 is 21.6. The van der Waals surface area contributed by atoms with Crippen molar-refractivity contribution in [1.29, 1.82) is 0 Å². The molecule has 0 radical (unpaired) electrons. The Morgan fingerprint density at radius 2 is 1.04 bits per heavy atom. The van der Waals surface area contributed by atoms with E-state index in [2.05, 4.69) is 38.3 Å². The zero-order valence-corrected chi connectivity index (χ0v) is 15.7. The van der Waals surface area contributed by atoms with Crippen molar-refractivity contribution in [3.8, 4) is 0 Å². The molecule has 23 heavy (non-hydrogen) atoms. The van der Waals surface area contributed by atoms with Gasteiger partial charge < -0.3 is 29.6 Å². The molecule has 0 amide bonds. The second-order valence-electron chi connectivity index (χ2n) is 7.37. The third kappa shape index (κ3) is 8.98. The van der Waals surface area contributed by atoms with Gasteiger partial charge in [-0.05, 0) is 48.2 Å². The molecule has 2 rings (SSSR count). The fourth-order valence-electron chi connectivity index (χ4n) is 2.22. The lowest BCUT2D eigenvalue weighted by molar-refractivity contribution is -0.187. The molecule has 2 aliphatic heterocycles. The molecule has 0 saturated carbocycles. The number of hydrogen-bond donors (Lipinski definition) is 2. The maximum Gasteiger partial charge on any atom is 0.159 e. The molecule has 6 heteroatoms. The predicted molar refractivity (Wildman–Crippen MR) is 91.5 cm³/mol. The van der Waals surface area contributed by atoms with Gasteiger partial charge in [0.2, 0.25) is 0 Å². The Morgan fingerprint density at radius 1 is 0.696 bits per heavy atom. The molecule has 0 aromatic heterocycles. The molecule has 138 valence electrons. The van der Waals surface area contributed by atoms with Crippen LogP contribution in [0.1, 0.15) is 47.0 Å². The molecular formula is C17H36N2O4. The Balaban J connectivity index is 0.000000231. The minimum absolute atomic E-state index is 0.00236. The van der Waals surface area contributed by atoms with Crippen LogP contribution in [0.2, 0.25) is 0 Å². The average Bonchev–Trinajstić information content (AvgIpc) is 3.01. The Morgan fingerprint density at radius 3 is 1.39 bits per heavy atom. The molecule has 2 saturated heterocycles. The summed E-state index contributed by atoms with van der Waals surface area (Å²) in [6.07, 6.45) is 2.82. The molecule has 6 nitrogen and oxygen atoms in total. The highest BCUT2D eigenvalue weighted by atomic mass is 16.7. The van der Waals surface area contributed by atoms with Crippen LogP contribution in [0.4, 0.5) is 0 Å². The van der Waals surface area contributed by atoms with Crippen molar-refractivity contribution in [1.82, 2.24) is 10.6 Å². The summed E-state index contributed by atoms with van der Waals surface area (Å²) in [6.45, 7) is 11.7.